The number of aromatic nitrogens is 1. The smallest absolute Gasteiger partial charge is 0.364 e. The molecule has 0 aliphatic carbocycles. The number of hydrogen-bond donors (Lipinski definition) is 1. The fourth-order valence-corrected chi connectivity index (χ4v) is 2.84. The van der Waals surface area contributed by atoms with Crippen LogP contribution in [0, 0.1) is 0 Å². The number of halogens is 7. The highest BCUT2D eigenvalue weighted by atomic mass is 19.4. The number of benzene rings is 1. The minimum absolute atomic E-state index is 0.0449. The SMILES string of the molecule is O=C(c1cccnc1)N1N=C(c2ccccc2)CC1(O)C(F)(F)C(F)(F)C(F)(F)F. The van der Waals surface area contributed by atoms with Crippen LogP contribution in [0.15, 0.2) is 60.0 Å². The van der Waals surface area contributed by atoms with Gasteiger partial charge in [-0.05, 0) is 17.7 Å². The highest BCUT2D eigenvalue weighted by Crippen LogP contribution is 2.54. The standard InChI is InChI=1S/C18H12F7N3O2/c19-16(20,17(21,22)18(23,24)25)15(30)9-13(11-5-2-1-3-6-11)27-28(15)14(29)12-7-4-8-26-10-12/h1-8,10,30H,9H2. The molecule has 1 amide bonds. The van der Waals surface area contributed by atoms with E-state index in [1.54, 1.807) is 0 Å². The van der Waals surface area contributed by atoms with Gasteiger partial charge in [0.1, 0.15) is 0 Å². The van der Waals surface area contributed by atoms with Crippen LogP contribution < -0.4 is 0 Å². The fraction of sp³-hybridized carbons (Fsp3) is 0.278. The lowest BCUT2D eigenvalue weighted by Gasteiger charge is -2.41. The molecule has 0 radical (unpaired) electrons. The van der Waals surface area contributed by atoms with E-state index in [0.717, 1.165) is 12.3 Å². The van der Waals surface area contributed by atoms with Crippen LogP contribution in [0.2, 0.25) is 0 Å². The van der Waals surface area contributed by atoms with Crippen LogP contribution in [0.5, 0.6) is 0 Å². The Bertz CT molecular complexity index is 965. The van der Waals surface area contributed by atoms with Crippen LogP contribution in [-0.2, 0) is 0 Å². The maximum Gasteiger partial charge on any atom is 0.460 e. The largest absolute Gasteiger partial charge is 0.460 e. The molecule has 0 bridgehead atoms. The third kappa shape index (κ3) is 3.20. The molecule has 2 aromatic rings. The van der Waals surface area contributed by atoms with Gasteiger partial charge < -0.3 is 5.11 Å². The lowest BCUT2D eigenvalue weighted by Crippen LogP contribution is -2.69. The number of amides is 1. The van der Waals surface area contributed by atoms with Gasteiger partial charge in [0, 0.05) is 18.8 Å². The molecule has 0 saturated carbocycles. The molecule has 1 aromatic carbocycles. The van der Waals surface area contributed by atoms with Crippen LogP contribution in [0.3, 0.4) is 0 Å². The number of alkyl halides is 7. The number of hydrazone groups is 1. The summed E-state index contributed by atoms with van der Waals surface area (Å²) in [5.74, 6) is -14.3. The fourth-order valence-electron chi connectivity index (χ4n) is 2.84. The van der Waals surface area contributed by atoms with Crippen molar-refractivity contribution in [1.82, 2.24) is 9.99 Å². The molecular weight excluding hydrogens is 423 g/mol. The molecule has 30 heavy (non-hydrogen) atoms. The summed E-state index contributed by atoms with van der Waals surface area (Å²) >= 11 is 0. The second kappa shape index (κ2) is 7.04. The number of aliphatic hydroxyl groups is 1. The average Bonchev–Trinajstić information content (AvgIpc) is 3.07. The molecule has 1 N–H and O–H groups in total. The first-order valence-electron chi connectivity index (χ1n) is 8.25. The van der Waals surface area contributed by atoms with Crippen LogP contribution in [0.4, 0.5) is 30.7 Å². The number of nitrogens with zero attached hydrogens (tertiary/aromatic N) is 3. The van der Waals surface area contributed by atoms with Gasteiger partial charge in [-0.15, -0.1) is 0 Å². The maximum atomic E-state index is 14.6. The van der Waals surface area contributed by atoms with Crippen molar-refractivity contribution < 1.29 is 40.6 Å². The molecule has 1 atom stereocenters. The quantitative estimate of drug-likeness (QED) is 0.742. The van der Waals surface area contributed by atoms with E-state index >= 15 is 0 Å². The van der Waals surface area contributed by atoms with Crippen molar-refractivity contribution in [2.75, 3.05) is 0 Å². The van der Waals surface area contributed by atoms with E-state index in [9.17, 15) is 40.6 Å². The Balaban J connectivity index is 2.15. The maximum absolute atomic E-state index is 14.6. The molecule has 0 fully saturated rings. The highest BCUT2D eigenvalue weighted by molar-refractivity contribution is 6.05. The molecule has 160 valence electrons. The van der Waals surface area contributed by atoms with Crippen LogP contribution in [0.1, 0.15) is 22.3 Å². The summed E-state index contributed by atoms with van der Waals surface area (Å²) in [6, 6.07) is 9.22. The Morgan fingerprint density at radius 1 is 1.00 bits per heavy atom. The van der Waals surface area contributed by atoms with E-state index in [1.807, 2.05) is 0 Å². The van der Waals surface area contributed by atoms with Crippen molar-refractivity contribution in [2.24, 2.45) is 5.10 Å². The van der Waals surface area contributed by atoms with Crippen molar-refractivity contribution >= 4 is 11.6 Å². The zero-order valence-corrected chi connectivity index (χ0v) is 14.7. The van der Waals surface area contributed by atoms with Gasteiger partial charge in [-0.2, -0.15) is 40.8 Å². The number of carbonyl (C=O) groups excluding carboxylic acids is 1. The summed E-state index contributed by atoms with van der Waals surface area (Å²) < 4.78 is 94.9. The monoisotopic (exact) mass is 435 g/mol. The first-order chi connectivity index (χ1) is 13.8. The Morgan fingerprint density at radius 3 is 2.17 bits per heavy atom. The van der Waals surface area contributed by atoms with E-state index in [-0.39, 0.29) is 5.56 Å². The summed E-state index contributed by atoms with van der Waals surface area (Å²) in [4.78, 5) is 16.2. The molecule has 1 unspecified atom stereocenters. The predicted octanol–water partition coefficient (Wildman–Crippen LogP) is 3.85. The van der Waals surface area contributed by atoms with E-state index in [4.69, 9.17) is 0 Å². The first kappa shape index (κ1) is 21.7. The van der Waals surface area contributed by atoms with Crippen molar-refractivity contribution in [3.8, 4) is 0 Å². The zero-order chi connectivity index (χ0) is 22.4. The minimum Gasteiger partial charge on any atom is -0.364 e. The lowest BCUT2D eigenvalue weighted by molar-refractivity contribution is -0.400. The molecule has 1 aliphatic heterocycles. The molecule has 3 rings (SSSR count). The minimum atomic E-state index is -6.70. The van der Waals surface area contributed by atoms with Gasteiger partial charge in [-0.1, -0.05) is 30.3 Å². The van der Waals surface area contributed by atoms with Gasteiger partial charge >= 0.3 is 18.0 Å². The van der Waals surface area contributed by atoms with Gasteiger partial charge in [0.2, 0.25) is 5.72 Å². The van der Waals surface area contributed by atoms with Crippen LogP contribution in [0.25, 0.3) is 0 Å². The second-order valence-corrected chi connectivity index (χ2v) is 6.41. The summed E-state index contributed by atoms with van der Waals surface area (Å²) in [6.45, 7) is 0. The molecule has 1 aliphatic rings. The normalized spacial score (nSPS) is 20.3. The molecule has 1 aromatic heterocycles. The van der Waals surface area contributed by atoms with Crippen molar-refractivity contribution in [2.45, 2.75) is 30.2 Å². The third-order valence-electron chi connectivity index (χ3n) is 4.45. The zero-order valence-electron chi connectivity index (χ0n) is 14.7. The molecule has 0 spiro atoms. The first-order valence-corrected chi connectivity index (χ1v) is 8.25. The summed E-state index contributed by atoms with van der Waals surface area (Å²) in [5, 5.41) is 13.5. The van der Waals surface area contributed by atoms with Gasteiger partial charge in [0.05, 0.1) is 11.3 Å². The van der Waals surface area contributed by atoms with Crippen molar-refractivity contribution in [3.05, 3.63) is 66.0 Å². The van der Waals surface area contributed by atoms with Crippen molar-refractivity contribution in [1.29, 1.82) is 0 Å². The van der Waals surface area contributed by atoms with Gasteiger partial charge in [-0.3, -0.25) is 9.78 Å². The molecular formula is C18H12F7N3O2. The molecule has 2 heterocycles. The molecule has 5 nitrogen and oxygen atoms in total. The predicted molar refractivity (Wildman–Crippen MR) is 88.9 cm³/mol. The Morgan fingerprint density at radius 2 is 1.63 bits per heavy atom. The Hall–Kier alpha value is -3.02. The van der Waals surface area contributed by atoms with Crippen LogP contribution >= 0.6 is 0 Å². The average molecular weight is 435 g/mol. The number of carbonyl (C=O) groups is 1. The number of hydrogen-bond acceptors (Lipinski definition) is 4. The van der Waals surface area contributed by atoms with E-state index in [2.05, 4.69) is 10.1 Å². The summed E-state index contributed by atoms with van der Waals surface area (Å²) in [7, 11) is 0. The lowest BCUT2D eigenvalue weighted by atomic mass is 9.91. The van der Waals surface area contributed by atoms with Crippen LogP contribution in [-0.4, -0.2) is 50.5 Å². The van der Waals surface area contributed by atoms with E-state index < -0.39 is 52.4 Å². The summed E-state index contributed by atoms with van der Waals surface area (Å²) in [5.41, 5.74) is -5.19. The van der Waals surface area contributed by atoms with Gasteiger partial charge in [-0.25, -0.2) is 0 Å². The third-order valence-corrected chi connectivity index (χ3v) is 4.45. The number of rotatable bonds is 4. The second-order valence-electron chi connectivity index (χ2n) is 6.41. The van der Waals surface area contributed by atoms with Crippen molar-refractivity contribution in [3.63, 3.8) is 0 Å². The van der Waals surface area contributed by atoms with Gasteiger partial charge in [0.25, 0.3) is 5.91 Å². The molecule has 12 heteroatoms. The van der Waals surface area contributed by atoms with E-state index in [0.29, 0.717) is 0 Å². The highest BCUT2D eigenvalue weighted by Gasteiger charge is 2.82. The molecule has 0 saturated heterocycles. The van der Waals surface area contributed by atoms with E-state index in [1.165, 1.54) is 42.6 Å². The van der Waals surface area contributed by atoms with Gasteiger partial charge in [0.15, 0.2) is 0 Å². The topological polar surface area (TPSA) is 65.8 Å². The Labute approximate surface area is 164 Å². The summed E-state index contributed by atoms with van der Waals surface area (Å²) in [6.07, 6.45) is -6.11. The Kier molecular flexibility index (Phi) is 5.09. The number of pyridine rings is 1.